The van der Waals surface area contributed by atoms with Crippen LogP contribution in [0.3, 0.4) is 0 Å². The SMILES string of the molecule is CC#CCOC.O.O=CN1CCc2c([nH]c3ccc(Cl)cc23)[C@@H]1c1ccc(OC2CCN(CCCO)CC2)cc1. The van der Waals surface area contributed by atoms with Crippen LogP contribution in [0.5, 0.6) is 5.75 Å². The number of H-pyrrole nitrogens is 1. The van der Waals surface area contributed by atoms with Crippen LogP contribution in [-0.2, 0) is 16.0 Å². The third-order valence-corrected chi connectivity index (χ3v) is 7.56. The van der Waals surface area contributed by atoms with E-state index in [4.69, 9.17) is 21.4 Å². The number of hydrogen-bond donors (Lipinski definition) is 2. The van der Waals surface area contributed by atoms with E-state index >= 15 is 0 Å². The van der Waals surface area contributed by atoms with Crippen molar-refractivity contribution in [1.82, 2.24) is 14.8 Å². The van der Waals surface area contributed by atoms with Gasteiger partial charge in [-0.2, -0.15) is 0 Å². The van der Waals surface area contributed by atoms with E-state index in [0.29, 0.717) is 13.2 Å². The van der Waals surface area contributed by atoms with Gasteiger partial charge in [0.2, 0.25) is 6.41 Å². The number of ether oxygens (including phenoxy) is 2. The molecule has 1 aromatic heterocycles. The summed E-state index contributed by atoms with van der Waals surface area (Å²) >= 11 is 6.25. The molecular weight excluding hydrogens is 530 g/mol. The first-order chi connectivity index (χ1) is 19.1. The van der Waals surface area contributed by atoms with Crippen molar-refractivity contribution in [3.05, 3.63) is 64.3 Å². The number of aromatic amines is 1. The van der Waals surface area contributed by atoms with Crippen molar-refractivity contribution < 1.29 is 24.9 Å². The Hall–Kier alpha value is -3.06. The number of nitrogens with zero attached hydrogens (tertiary/aromatic N) is 2. The number of nitrogens with one attached hydrogen (secondary N) is 1. The number of carbonyl (C=O) groups excluding carboxylic acids is 1. The number of hydrogen-bond acceptors (Lipinski definition) is 5. The normalized spacial score (nSPS) is 17.1. The minimum atomic E-state index is -0.152. The molecule has 8 nitrogen and oxygen atoms in total. The highest BCUT2D eigenvalue weighted by Crippen LogP contribution is 2.39. The molecule has 0 aliphatic carbocycles. The number of halogens is 1. The van der Waals surface area contributed by atoms with Gasteiger partial charge in [-0.1, -0.05) is 29.7 Å². The molecule has 5 rings (SSSR count). The molecular formula is C31H40ClN3O5. The fourth-order valence-electron chi connectivity index (χ4n) is 5.36. The quantitative estimate of drug-likeness (QED) is 0.315. The zero-order chi connectivity index (χ0) is 27.6. The maximum Gasteiger partial charge on any atom is 0.210 e. The van der Waals surface area contributed by atoms with E-state index in [1.165, 1.54) is 5.56 Å². The van der Waals surface area contributed by atoms with Gasteiger partial charge in [0.1, 0.15) is 18.5 Å². The number of rotatable bonds is 8. The van der Waals surface area contributed by atoms with Crippen molar-refractivity contribution in [3.8, 4) is 17.6 Å². The molecule has 1 atom stereocenters. The Bertz CT molecular complexity index is 1280. The molecule has 0 saturated carbocycles. The average Bonchev–Trinajstić information content (AvgIpc) is 3.33. The third kappa shape index (κ3) is 7.78. The van der Waals surface area contributed by atoms with Gasteiger partial charge >= 0.3 is 0 Å². The fraction of sp³-hybridized carbons (Fsp3) is 0.452. The Labute approximate surface area is 241 Å². The summed E-state index contributed by atoms with van der Waals surface area (Å²) in [5.74, 6) is 6.28. The first kappa shape index (κ1) is 31.5. The zero-order valence-electron chi connectivity index (χ0n) is 23.3. The fourth-order valence-corrected chi connectivity index (χ4v) is 5.53. The number of benzene rings is 2. The Morgan fingerprint density at radius 3 is 2.52 bits per heavy atom. The van der Waals surface area contributed by atoms with Gasteiger partial charge < -0.3 is 34.8 Å². The van der Waals surface area contributed by atoms with Gasteiger partial charge in [0.25, 0.3) is 0 Å². The van der Waals surface area contributed by atoms with Crippen LogP contribution < -0.4 is 4.74 Å². The van der Waals surface area contributed by atoms with Crippen molar-refractivity contribution in [2.75, 3.05) is 46.5 Å². The van der Waals surface area contributed by atoms with Crippen LogP contribution in [0.4, 0.5) is 0 Å². The molecule has 0 spiro atoms. The molecule has 2 aliphatic rings. The number of amides is 1. The van der Waals surface area contributed by atoms with Crippen molar-refractivity contribution in [1.29, 1.82) is 0 Å². The lowest BCUT2D eigenvalue weighted by molar-refractivity contribution is -0.120. The number of aromatic nitrogens is 1. The molecule has 3 aromatic rings. The molecule has 216 valence electrons. The van der Waals surface area contributed by atoms with E-state index in [1.54, 1.807) is 14.0 Å². The lowest BCUT2D eigenvalue weighted by Crippen LogP contribution is -2.38. The maximum atomic E-state index is 11.9. The monoisotopic (exact) mass is 569 g/mol. The first-order valence-corrected chi connectivity index (χ1v) is 13.9. The molecule has 1 fully saturated rings. The lowest BCUT2D eigenvalue weighted by Gasteiger charge is -2.34. The number of aliphatic hydroxyl groups excluding tert-OH is 1. The van der Waals surface area contributed by atoms with E-state index in [0.717, 1.165) is 84.7 Å². The van der Waals surface area contributed by atoms with E-state index in [9.17, 15) is 4.79 Å². The summed E-state index contributed by atoms with van der Waals surface area (Å²) in [6, 6.07) is 13.9. The summed E-state index contributed by atoms with van der Waals surface area (Å²) in [5.41, 5.74) is 4.41. The van der Waals surface area contributed by atoms with Crippen LogP contribution in [0.2, 0.25) is 5.02 Å². The molecule has 2 aliphatic heterocycles. The third-order valence-electron chi connectivity index (χ3n) is 7.32. The van der Waals surface area contributed by atoms with Gasteiger partial charge in [0.15, 0.2) is 0 Å². The van der Waals surface area contributed by atoms with E-state index in [-0.39, 0.29) is 24.2 Å². The molecule has 4 N–H and O–H groups in total. The second-order valence-corrected chi connectivity index (χ2v) is 10.3. The predicted octanol–water partition coefficient (Wildman–Crippen LogP) is 3.98. The summed E-state index contributed by atoms with van der Waals surface area (Å²) < 4.78 is 10.9. The number of fused-ring (bicyclic) bond motifs is 3. The summed E-state index contributed by atoms with van der Waals surface area (Å²) in [6.45, 7) is 6.23. The van der Waals surface area contributed by atoms with Crippen molar-refractivity contribution in [2.24, 2.45) is 0 Å². The summed E-state index contributed by atoms with van der Waals surface area (Å²) in [6.07, 6.45) is 4.79. The van der Waals surface area contributed by atoms with E-state index in [1.807, 2.05) is 35.2 Å². The van der Waals surface area contributed by atoms with Gasteiger partial charge in [0, 0.05) is 61.5 Å². The summed E-state index contributed by atoms with van der Waals surface area (Å²) in [7, 11) is 1.63. The molecule has 40 heavy (non-hydrogen) atoms. The van der Waals surface area contributed by atoms with Gasteiger partial charge in [-0.3, -0.25) is 4.79 Å². The molecule has 0 radical (unpaired) electrons. The molecule has 9 heteroatoms. The largest absolute Gasteiger partial charge is 0.490 e. The van der Waals surface area contributed by atoms with Crippen LogP contribution in [0, 0.1) is 11.8 Å². The standard InChI is InChI=1S/C26H30ClN3O3.C5H8O.H2O/c27-19-4-7-24-23(16-19)22-10-14-30(17-32)26(25(22)28-24)18-2-5-20(6-3-18)33-21-8-12-29(13-9-21)11-1-15-31;1-3-4-5-6-2;/h2-7,16-17,21,26,28,31H,1,8-15H2;5H2,1-2H3;1H2/t26-;;/m0../s1. The summed E-state index contributed by atoms with van der Waals surface area (Å²) in [4.78, 5) is 19.7. The van der Waals surface area contributed by atoms with Crippen LogP contribution in [0.1, 0.15) is 49.0 Å². The highest BCUT2D eigenvalue weighted by molar-refractivity contribution is 6.31. The van der Waals surface area contributed by atoms with Crippen molar-refractivity contribution in [3.63, 3.8) is 0 Å². The van der Waals surface area contributed by atoms with E-state index < -0.39 is 0 Å². The molecule has 2 aromatic carbocycles. The second-order valence-electron chi connectivity index (χ2n) is 9.87. The molecule has 0 bridgehead atoms. The Balaban J connectivity index is 0.000000570. The van der Waals surface area contributed by atoms with Crippen LogP contribution in [0.25, 0.3) is 10.9 Å². The topological polar surface area (TPSA) is 110 Å². The average molecular weight is 570 g/mol. The summed E-state index contributed by atoms with van der Waals surface area (Å²) in [5, 5.41) is 10.9. The minimum Gasteiger partial charge on any atom is -0.490 e. The molecule has 1 amide bonds. The highest BCUT2D eigenvalue weighted by Gasteiger charge is 2.31. The number of methoxy groups -OCH3 is 1. The smallest absolute Gasteiger partial charge is 0.210 e. The number of aliphatic hydroxyl groups is 1. The van der Waals surface area contributed by atoms with Gasteiger partial charge in [-0.05, 0) is 74.1 Å². The minimum absolute atomic E-state index is 0. The number of piperidine rings is 1. The predicted molar refractivity (Wildman–Crippen MR) is 159 cm³/mol. The van der Waals surface area contributed by atoms with Crippen LogP contribution >= 0.6 is 11.6 Å². The Morgan fingerprint density at radius 2 is 1.90 bits per heavy atom. The van der Waals surface area contributed by atoms with Gasteiger partial charge in [0.05, 0.1) is 6.04 Å². The van der Waals surface area contributed by atoms with Gasteiger partial charge in [-0.25, -0.2) is 0 Å². The van der Waals surface area contributed by atoms with Gasteiger partial charge in [-0.15, -0.1) is 5.92 Å². The second kappa shape index (κ2) is 15.7. The zero-order valence-corrected chi connectivity index (χ0v) is 24.0. The van der Waals surface area contributed by atoms with Crippen molar-refractivity contribution >= 4 is 28.9 Å². The van der Waals surface area contributed by atoms with E-state index in [2.05, 4.69) is 38.6 Å². The highest BCUT2D eigenvalue weighted by atomic mass is 35.5. The Kier molecular flexibility index (Phi) is 12.3. The Morgan fingerprint density at radius 1 is 1.15 bits per heavy atom. The van der Waals surface area contributed by atoms with Crippen molar-refractivity contribution in [2.45, 2.75) is 44.8 Å². The molecule has 3 heterocycles. The number of carbonyl (C=O) groups is 1. The van der Waals surface area contributed by atoms with Crippen LogP contribution in [-0.4, -0.2) is 84.4 Å². The maximum absolute atomic E-state index is 11.9. The van der Waals surface area contributed by atoms with Crippen LogP contribution in [0.15, 0.2) is 42.5 Å². The number of likely N-dealkylation sites (tertiary alicyclic amines) is 1. The molecule has 1 saturated heterocycles. The molecule has 0 unspecified atom stereocenters. The first-order valence-electron chi connectivity index (χ1n) is 13.6. The lowest BCUT2D eigenvalue weighted by atomic mass is 9.93.